The molecule has 0 atom stereocenters. The summed E-state index contributed by atoms with van der Waals surface area (Å²) in [5, 5.41) is 0. The predicted molar refractivity (Wildman–Crippen MR) is 20.8 cm³/mol. The SMILES string of the molecule is [Ne].c1cc[nH]c1. The minimum Gasteiger partial charge on any atom is -0.368 e. The summed E-state index contributed by atoms with van der Waals surface area (Å²) in [5.41, 5.74) is 0. The van der Waals surface area contributed by atoms with Crippen LogP contribution < -0.4 is 0 Å². The predicted octanol–water partition coefficient (Wildman–Crippen LogP) is 1.01. The average Bonchev–Trinajstić information content (AvgIpc) is 1.76. The van der Waals surface area contributed by atoms with E-state index in [9.17, 15) is 0 Å². The summed E-state index contributed by atoms with van der Waals surface area (Å²) in [6, 6.07) is 3.89. The minimum atomic E-state index is 0. The van der Waals surface area contributed by atoms with Gasteiger partial charge in [0.25, 0.3) is 0 Å². The van der Waals surface area contributed by atoms with Gasteiger partial charge in [-0.2, -0.15) is 0 Å². The summed E-state index contributed by atoms with van der Waals surface area (Å²) >= 11 is 0. The molecule has 0 radical (unpaired) electrons. The van der Waals surface area contributed by atoms with Crippen molar-refractivity contribution in [1.29, 1.82) is 0 Å². The molecule has 0 spiro atoms. The van der Waals surface area contributed by atoms with Crippen LogP contribution in [0, 0.1) is 6.15 Å². The molecule has 0 aromatic carbocycles. The van der Waals surface area contributed by atoms with Gasteiger partial charge in [-0.3, -0.25) is 0 Å². The second kappa shape index (κ2) is 2.43. The molecule has 0 aliphatic carbocycles. The van der Waals surface area contributed by atoms with Gasteiger partial charge >= 0.3 is 0 Å². The van der Waals surface area contributed by atoms with E-state index in [-0.39, 0.29) is 6.15 Å². The van der Waals surface area contributed by atoms with Crippen LogP contribution in [0.15, 0.2) is 24.5 Å². The van der Waals surface area contributed by atoms with Crippen LogP contribution in [0.1, 0.15) is 0 Å². The van der Waals surface area contributed by atoms with Crippen LogP contribution in [-0.2, 0) is 0 Å². The molecule has 1 rings (SSSR count). The normalized spacial score (nSPS) is 6.67. The Morgan fingerprint density at radius 1 is 1.00 bits per heavy atom. The molecule has 0 aliphatic heterocycles. The summed E-state index contributed by atoms with van der Waals surface area (Å²) in [4.78, 5) is 2.86. The molecule has 0 bridgehead atoms. The number of aromatic amines is 1. The van der Waals surface area contributed by atoms with Gasteiger partial charge in [-0.05, 0) is 12.1 Å². The minimum absolute atomic E-state index is 0. The third kappa shape index (κ3) is 0.871. The molecular formula is C4H5NNe. The first-order chi connectivity index (χ1) is 2.50. The fraction of sp³-hybridized carbons (Fsp3) is 0. The van der Waals surface area contributed by atoms with Gasteiger partial charge in [0, 0.05) is 18.5 Å². The molecule has 0 amide bonds. The molecule has 2 heteroatoms. The standard InChI is InChI=1S/C4H5N.Ne/c1-2-4-5-3-1;/h1-5H;. The number of aromatic nitrogens is 1. The van der Waals surface area contributed by atoms with Crippen molar-refractivity contribution >= 4 is 0 Å². The number of nitrogens with one attached hydrogen (secondary N) is 1. The van der Waals surface area contributed by atoms with Crippen LogP contribution >= 0.6 is 0 Å². The molecule has 1 aromatic rings. The van der Waals surface area contributed by atoms with E-state index in [4.69, 9.17) is 0 Å². The monoisotopic (exact) mass is 87.0 g/mol. The van der Waals surface area contributed by atoms with E-state index in [1.807, 2.05) is 24.5 Å². The van der Waals surface area contributed by atoms with Gasteiger partial charge in [0.15, 0.2) is 0 Å². The Kier molecular flexibility index (Phi) is 2.10. The first-order valence-corrected chi connectivity index (χ1v) is 1.58. The van der Waals surface area contributed by atoms with E-state index in [0.717, 1.165) is 0 Å². The van der Waals surface area contributed by atoms with E-state index in [1.54, 1.807) is 0 Å². The smallest absolute Gasteiger partial charge is 0.000496 e. The molecule has 34 valence electrons. The first kappa shape index (κ1) is 5.19. The Morgan fingerprint density at radius 3 is 1.67 bits per heavy atom. The van der Waals surface area contributed by atoms with Gasteiger partial charge in [0.05, 0.1) is 0 Å². The van der Waals surface area contributed by atoms with E-state index in [2.05, 4.69) is 4.98 Å². The molecular weight excluding hydrogens is 82.2 g/mol. The fourth-order valence-corrected chi connectivity index (χ4v) is 0.278. The van der Waals surface area contributed by atoms with Crippen LogP contribution in [0.3, 0.4) is 0 Å². The van der Waals surface area contributed by atoms with Crippen molar-refractivity contribution in [3.63, 3.8) is 0 Å². The van der Waals surface area contributed by atoms with Gasteiger partial charge in [0.2, 0.25) is 0 Å². The number of hydrogen-bond acceptors (Lipinski definition) is 0. The summed E-state index contributed by atoms with van der Waals surface area (Å²) in [5.74, 6) is 0. The van der Waals surface area contributed by atoms with Gasteiger partial charge < -0.3 is 4.98 Å². The molecule has 0 saturated carbocycles. The zero-order valence-corrected chi connectivity index (χ0v) is 3.16. The Balaban J connectivity index is 0.000000250. The molecule has 1 aromatic heterocycles. The summed E-state index contributed by atoms with van der Waals surface area (Å²) in [7, 11) is 0. The molecule has 1 N–H and O–H groups in total. The van der Waals surface area contributed by atoms with Crippen LogP contribution in [0.2, 0.25) is 0 Å². The molecule has 0 fully saturated rings. The Hall–Kier alpha value is -0.811. The van der Waals surface area contributed by atoms with Crippen molar-refractivity contribution in [1.82, 2.24) is 4.98 Å². The summed E-state index contributed by atoms with van der Waals surface area (Å²) < 4.78 is 0. The van der Waals surface area contributed by atoms with Crippen LogP contribution in [-0.4, -0.2) is 4.98 Å². The maximum Gasteiger partial charge on any atom is 0.000496 e. The van der Waals surface area contributed by atoms with Crippen molar-refractivity contribution in [2.45, 2.75) is 0 Å². The quantitative estimate of drug-likeness (QED) is 0.486. The van der Waals surface area contributed by atoms with E-state index in [0.29, 0.717) is 0 Å². The van der Waals surface area contributed by atoms with Crippen molar-refractivity contribution in [3.8, 4) is 0 Å². The number of rotatable bonds is 0. The largest absolute Gasteiger partial charge is 0.368 e. The second-order valence-corrected chi connectivity index (χ2v) is 0.885. The maximum atomic E-state index is 2.86. The zero-order chi connectivity index (χ0) is 3.54. The Morgan fingerprint density at radius 2 is 1.50 bits per heavy atom. The third-order valence-electron chi connectivity index (χ3n) is 0.496. The van der Waals surface area contributed by atoms with E-state index >= 15 is 0 Å². The molecule has 0 saturated heterocycles. The van der Waals surface area contributed by atoms with Crippen molar-refractivity contribution in [3.05, 3.63) is 24.5 Å². The van der Waals surface area contributed by atoms with E-state index in [1.165, 1.54) is 0 Å². The van der Waals surface area contributed by atoms with E-state index < -0.39 is 0 Å². The topological polar surface area (TPSA) is 15.8 Å². The van der Waals surface area contributed by atoms with Crippen molar-refractivity contribution < 1.29 is 6.15 Å². The second-order valence-electron chi connectivity index (χ2n) is 0.885. The molecule has 0 aliphatic rings. The van der Waals surface area contributed by atoms with Crippen molar-refractivity contribution in [2.75, 3.05) is 0 Å². The molecule has 1 nitrogen and oxygen atoms in total. The summed E-state index contributed by atoms with van der Waals surface area (Å²) in [6.07, 6.45) is 3.75. The molecule has 1 heterocycles. The summed E-state index contributed by atoms with van der Waals surface area (Å²) in [6.45, 7) is 0. The number of H-pyrrole nitrogens is 1. The van der Waals surface area contributed by atoms with Crippen LogP contribution in [0.25, 0.3) is 0 Å². The Bertz CT molecular complexity index is 64.0. The molecule has 6 heavy (non-hydrogen) atoms. The van der Waals surface area contributed by atoms with Crippen molar-refractivity contribution in [2.24, 2.45) is 0 Å². The van der Waals surface area contributed by atoms with Gasteiger partial charge in [-0.1, -0.05) is 0 Å². The van der Waals surface area contributed by atoms with Gasteiger partial charge in [-0.25, -0.2) is 0 Å². The van der Waals surface area contributed by atoms with Crippen LogP contribution in [0.5, 0.6) is 0 Å². The zero-order valence-electron chi connectivity index (χ0n) is 3.16. The number of hydrogen-bond donors (Lipinski definition) is 1. The fourth-order valence-electron chi connectivity index (χ4n) is 0.278. The Labute approximate surface area is 36.8 Å². The maximum absolute atomic E-state index is 2.86. The van der Waals surface area contributed by atoms with Gasteiger partial charge in [0.1, 0.15) is 0 Å². The average molecular weight is 87.3 g/mol. The van der Waals surface area contributed by atoms with Crippen LogP contribution in [0.4, 0.5) is 0 Å². The first-order valence-electron chi connectivity index (χ1n) is 1.58. The third-order valence-corrected chi connectivity index (χ3v) is 0.496. The molecule has 0 unspecified atom stereocenters. The van der Waals surface area contributed by atoms with Gasteiger partial charge in [-0.15, -0.1) is 0 Å².